The van der Waals surface area contributed by atoms with E-state index in [9.17, 15) is 18.0 Å². The number of carbonyl (C=O) groups excluding carboxylic acids is 2. The first-order valence-corrected chi connectivity index (χ1v) is 11.6. The van der Waals surface area contributed by atoms with Crippen LogP contribution in [-0.2, 0) is 32.7 Å². The van der Waals surface area contributed by atoms with Crippen molar-refractivity contribution < 1.29 is 18.0 Å². The van der Waals surface area contributed by atoms with Crippen LogP contribution in [0, 0.1) is 0 Å². The summed E-state index contributed by atoms with van der Waals surface area (Å²) in [5.74, 6) is -0.802. The predicted molar refractivity (Wildman–Crippen MR) is 117 cm³/mol. The average Bonchev–Trinajstić information content (AvgIpc) is 2.71. The second-order valence-electron chi connectivity index (χ2n) is 7.05. The summed E-state index contributed by atoms with van der Waals surface area (Å²) in [6, 6.07) is 15.5. The largest absolute Gasteiger partial charge is 0.350 e. The fraction of sp³-hybridized carbons (Fsp3) is 0.333. The number of sulfonamides is 1. The zero-order valence-electron chi connectivity index (χ0n) is 17.2. The molecule has 0 aliphatic heterocycles. The van der Waals surface area contributed by atoms with E-state index in [2.05, 4.69) is 5.32 Å². The van der Waals surface area contributed by atoms with Crippen molar-refractivity contribution in [1.29, 1.82) is 0 Å². The second-order valence-corrected chi connectivity index (χ2v) is 9.57. The lowest BCUT2D eigenvalue weighted by atomic mass is 10.1. The third-order valence-electron chi connectivity index (χ3n) is 4.67. The van der Waals surface area contributed by atoms with E-state index in [1.165, 1.54) is 11.9 Å². The van der Waals surface area contributed by atoms with Crippen LogP contribution < -0.4 is 5.32 Å². The Bertz CT molecular complexity index is 966. The highest BCUT2D eigenvalue weighted by Crippen LogP contribution is 2.14. The summed E-state index contributed by atoms with van der Waals surface area (Å²) in [5, 5.41) is 3.38. The Balaban J connectivity index is 2.16. The molecule has 0 aliphatic carbocycles. The van der Waals surface area contributed by atoms with Crippen molar-refractivity contribution in [2.75, 3.05) is 19.8 Å². The number of rotatable bonds is 9. The fourth-order valence-corrected chi connectivity index (χ4v) is 3.17. The summed E-state index contributed by atoms with van der Waals surface area (Å²) in [7, 11) is -2.21. The molecule has 2 aromatic rings. The monoisotopic (exact) mass is 451 g/mol. The van der Waals surface area contributed by atoms with Crippen LogP contribution in [0.25, 0.3) is 0 Å². The van der Waals surface area contributed by atoms with Gasteiger partial charge in [0.2, 0.25) is 21.8 Å². The molecule has 0 aromatic heterocycles. The molecule has 0 saturated carbocycles. The molecule has 0 fully saturated rings. The summed E-state index contributed by atoms with van der Waals surface area (Å²) in [6.07, 6.45) is 1.03. The van der Waals surface area contributed by atoms with E-state index >= 15 is 0 Å². The van der Waals surface area contributed by atoms with Crippen LogP contribution in [0.2, 0.25) is 5.02 Å². The van der Waals surface area contributed by atoms with Crippen LogP contribution in [0.1, 0.15) is 18.1 Å². The lowest BCUT2D eigenvalue weighted by Crippen LogP contribution is -2.50. The minimum absolute atomic E-state index is 0.146. The minimum atomic E-state index is -3.53. The molecule has 1 unspecified atom stereocenters. The maximum absolute atomic E-state index is 12.9. The van der Waals surface area contributed by atoms with Gasteiger partial charge >= 0.3 is 0 Å². The smallest absolute Gasteiger partial charge is 0.242 e. The molecule has 162 valence electrons. The topological polar surface area (TPSA) is 86.8 Å². The van der Waals surface area contributed by atoms with Gasteiger partial charge < -0.3 is 10.2 Å². The molecule has 0 bridgehead atoms. The molecule has 1 atom stereocenters. The zero-order chi connectivity index (χ0) is 22.3. The third kappa shape index (κ3) is 7.12. The van der Waals surface area contributed by atoms with Crippen molar-refractivity contribution in [2.24, 2.45) is 0 Å². The van der Waals surface area contributed by atoms with Gasteiger partial charge in [-0.25, -0.2) is 8.42 Å². The van der Waals surface area contributed by atoms with E-state index in [1.54, 1.807) is 31.2 Å². The van der Waals surface area contributed by atoms with Crippen LogP contribution >= 0.6 is 11.6 Å². The van der Waals surface area contributed by atoms with Crippen LogP contribution in [0.3, 0.4) is 0 Å². The van der Waals surface area contributed by atoms with E-state index in [-0.39, 0.29) is 19.0 Å². The van der Waals surface area contributed by atoms with Gasteiger partial charge in [-0.05, 0) is 30.2 Å². The van der Waals surface area contributed by atoms with Crippen molar-refractivity contribution in [3.8, 4) is 0 Å². The first-order valence-electron chi connectivity index (χ1n) is 9.35. The van der Waals surface area contributed by atoms with Gasteiger partial charge in [-0.15, -0.1) is 0 Å². The summed E-state index contributed by atoms with van der Waals surface area (Å²) in [6.45, 7) is 1.74. The van der Waals surface area contributed by atoms with E-state index < -0.39 is 22.0 Å². The van der Waals surface area contributed by atoms with Crippen LogP contribution in [0.4, 0.5) is 0 Å². The average molecular weight is 452 g/mol. The Hall–Kier alpha value is -2.42. The van der Waals surface area contributed by atoms with Crippen molar-refractivity contribution in [2.45, 2.75) is 26.1 Å². The lowest BCUT2D eigenvalue weighted by Gasteiger charge is -2.30. The number of likely N-dealkylation sites (N-methyl/N-ethyl adjacent to an activating group) is 1. The standard InChI is InChI=1S/C21H26ClN3O4S/c1-16(21(27)23-13-17-7-5-4-6-8-17)25(14-18-9-11-19(22)12-10-18)20(26)15-24(2)30(3,28)29/h4-12,16H,13-15H2,1-3H3,(H,23,27). The van der Waals surface area contributed by atoms with Crippen LogP contribution in [0.5, 0.6) is 0 Å². The van der Waals surface area contributed by atoms with Gasteiger partial charge in [0.25, 0.3) is 0 Å². The summed E-state index contributed by atoms with van der Waals surface area (Å²) >= 11 is 5.92. The Morgan fingerprint density at radius 1 is 1.03 bits per heavy atom. The Morgan fingerprint density at radius 3 is 2.20 bits per heavy atom. The molecule has 7 nitrogen and oxygen atoms in total. The SMILES string of the molecule is CC(C(=O)NCc1ccccc1)N(Cc1ccc(Cl)cc1)C(=O)CN(C)S(C)(=O)=O. The van der Waals surface area contributed by atoms with Crippen molar-refractivity contribution in [3.05, 3.63) is 70.7 Å². The first-order chi connectivity index (χ1) is 14.1. The highest BCUT2D eigenvalue weighted by Gasteiger charge is 2.28. The molecule has 2 rings (SSSR count). The zero-order valence-corrected chi connectivity index (χ0v) is 18.8. The van der Waals surface area contributed by atoms with Crippen LogP contribution in [0.15, 0.2) is 54.6 Å². The number of benzene rings is 2. The number of nitrogens with zero attached hydrogens (tertiary/aromatic N) is 2. The molecule has 9 heteroatoms. The van der Waals surface area contributed by atoms with Gasteiger partial charge in [0.1, 0.15) is 6.04 Å². The molecule has 0 saturated heterocycles. The van der Waals surface area contributed by atoms with Crippen molar-refractivity contribution in [1.82, 2.24) is 14.5 Å². The molecule has 0 radical (unpaired) electrons. The van der Waals surface area contributed by atoms with Crippen molar-refractivity contribution >= 4 is 33.4 Å². The molecule has 2 amide bonds. The molecular weight excluding hydrogens is 426 g/mol. The number of halogens is 1. The van der Waals surface area contributed by atoms with Gasteiger partial charge in [0, 0.05) is 25.2 Å². The predicted octanol–water partition coefficient (Wildman–Crippen LogP) is 2.26. The Kier molecular flexibility index (Phi) is 8.40. The van der Waals surface area contributed by atoms with E-state index in [0.717, 1.165) is 21.7 Å². The van der Waals surface area contributed by atoms with E-state index in [4.69, 9.17) is 11.6 Å². The third-order valence-corrected chi connectivity index (χ3v) is 6.18. The lowest BCUT2D eigenvalue weighted by molar-refractivity contribution is -0.140. The Morgan fingerprint density at radius 2 is 1.63 bits per heavy atom. The summed E-state index contributed by atoms with van der Waals surface area (Å²) in [5.41, 5.74) is 1.71. The van der Waals surface area contributed by atoms with Gasteiger partial charge in [0.05, 0.1) is 12.8 Å². The summed E-state index contributed by atoms with van der Waals surface area (Å²) < 4.78 is 24.4. The van der Waals surface area contributed by atoms with Crippen molar-refractivity contribution in [3.63, 3.8) is 0 Å². The molecule has 30 heavy (non-hydrogen) atoms. The quantitative estimate of drug-likeness (QED) is 0.633. The molecule has 2 aromatic carbocycles. The molecular formula is C21H26ClN3O4S. The highest BCUT2D eigenvalue weighted by atomic mass is 35.5. The number of amides is 2. The maximum atomic E-state index is 12.9. The Labute approximate surface area is 182 Å². The van der Waals surface area contributed by atoms with E-state index in [1.807, 2.05) is 30.3 Å². The van der Waals surface area contributed by atoms with Gasteiger partial charge in [0.15, 0.2) is 0 Å². The molecule has 0 aliphatic rings. The number of hydrogen-bond donors (Lipinski definition) is 1. The molecule has 0 spiro atoms. The van der Waals surface area contributed by atoms with Gasteiger partial charge in [-0.3, -0.25) is 9.59 Å². The second kappa shape index (κ2) is 10.6. The molecule has 0 heterocycles. The fourth-order valence-electron chi connectivity index (χ4n) is 2.70. The highest BCUT2D eigenvalue weighted by molar-refractivity contribution is 7.88. The van der Waals surface area contributed by atoms with Gasteiger partial charge in [-0.1, -0.05) is 54.1 Å². The first kappa shape index (κ1) is 23.9. The number of nitrogens with one attached hydrogen (secondary N) is 1. The normalized spacial score (nSPS) is 12.4. The van der Waals surface area contributed by atoms with Gasteiger partial charge in [-0.2, -0.15) is 4.31 Å². The maximum Gasteiger partial charge on any atom is 0.242 e. The number of hydrogen-bond acceptors (Lipinski definition) is 4. The minimum Gasteiger partial charge on any atom is -0.350 e. The molecule has 1 N–H and O–H groups in total. The summed E-state index contributed by atoms with van der Waals surface area (Å²) in [4.78, 5) is 27.0. The van der Waals surface area contributed by atoms with Crippen LogP contribution in [-0.4, -0.2) is 55.3 Å². The number of carbonyl (C=O) groups is 2. The van der Waals surface area contributed by atoms with E-state index in [0.29, 0.717) is 11.6 Å².